The molecule has 0 heterocycles. The number of hydrogen-bond donors (Lipinski definition) is 1. The molecule has 0 amide bonds. The molecule has 0 fully saturated rings. The van der Waals surface area contributed by atoms with E-state index in [0.29, 0.717) is 12.8 Å². The summed E-state index contributed by atoms with van der Waals surface area (Å²) in [6.45, 7) is 4.35. The van der Waals surface area contributed by atoms with E-state index in [1.54, 1.807) is 0 Å². The van der Waals surface area contributed by atoms with Crippen molar-refractivity contribution in [3.8, 4) is 0 Å². The van der Waals surface area contributed by atoms with Gasteiger partial charge >= 0.3 is 11.9 Å². The molecule has 0 aromatic rings. The van der Waals surface area contributed by atoms with E-state index in [1.165, 1.54) is 70.6 Å². The lowest BCUT2D eigenvalue weighted by molar-refractivity contribution is -0.149. The van der Waals surface area contributed by atoms with Gasteiger partial charge in [-0.15, -0.1) is 0 Å². The molecule has 0 aromatic carbocycles. The first-order valence-corrected chi connectivity index (χ1v) is 17.6. The number of unbranched alkanes of at least 4 members (excludes halogenated alkanes) is 15. The Kier molecular flexibility index (Phi) is 31.7. The quantitative estimate of drug-likeness (QED) is 0.0498. The number of carbonyl (C=O) groups excluding carboxylic acids is 1. The number of allylic oxidation sites excluding steroid dienone is 8. The Hall–Kier alpha value is -2.10. The van der Waals surface area contributed by atoms with Gasteiger partial charge in [0.1, 0.15) is 6.10 Å². The largest absolute Gasteiger partial charge is 0.481 e. The lowest BCUT2D eigenvalue weighted by Crippen LogP contribution is -2.17. The lowest BCUT2D eigenvalue weighted by Gasteiger charge is -2.16. The zero-order chi connectivity index (χ0) is 30.8. The van der Waals surface area contributed by atoms with Gasteiger partial charge in [-0.25, -0.2) is 0 Å². The van der Waals surface area contributed by atoms with Crippen molar-refractivity contribution in [3.63, 3.8) is 0 Å². The van der Waals surface area contributed by atoms with Crippen molar-refractivity contribution in [1.82, 2.24) is 0 Å². The molecule has 0 saturated carbocycles. The molecule has 0 aliphatic carbocycles. The SMILES string of the molecule is CCCCC/C=C\C/C=C\C/C=C\C/C=C\CCCCCCCC(=O)OC(CC)CCCCCCCCCCC(=O)O. The van der Waals surface area contributed by atoms with E-state index in [4.69, 9.17) is 9.84 Å². The van der Waals surface area contributed by atoms with Gasteiger partial charge in [-0.2, -0.15) is 0 Å². The van der Waals surface area contributed by atoms with Crippen molar-refractivity contribution in [2.45, 2.75) is 180 Å². The highest BCUT2D eigenvalue weighted by Gasteiger charge is 2.12. The van der Waals surface area contributed by atoms with Gasteiger partial charge in [0.25, 0.3) is 0 Å². The summed E-state index contributed by atoms with van der Waals surface area (Å²) >= 11 is 0. The summed E-state index contributed by atoms with van der Waals surface area (Å²) < 4.78 is 5.73. The van der Waals surface area contributed by atoms with Crippen LogP contribution in [0, 0.1) is 0 Å². The van der Waals surface area contributed by atoms with Crippen molar-refractivity contribution in [3.05, 3.63) is 48.6 Å². The van der Waals surface area contributed by atoms with Gasteiger partial charge in [-0.3, -0.25) is 9.59 Å². The van der Waals surface area contributed by atoms with E-state index in [1.807, 2.05) is 0 Å². The molecule has 0 aromatic heterocycles. The Balaban J connectivity index is 3.55. The fraction of sp³-hybridized carbons (Fsp3) is 0.737. The first-order chi connectivity index (χ1) is 20.6. The van der Waals surface area contributed by atoms with E-state index in [0.717, 1.165) is 77.0 Å². The molecule has 242 valence electrons. The van der Waals surface area contributed by atoms with Crippen LogP contribution in [0.15, 0.2) is 48.6 Å². The second-order valence-electron chi connectivity index (χ2n) is 11.7. The average Bonchev–Trinajstić information content (AvgIpc) is 2.98. The summed E-state index contributed by atoms with van der Waals surface area (Å²) in [5.74, 6) is -0.713. The number of rotatable bonds is 31. The Morgan fingerprint density at radius 3 is 1.48 bits per heavy atom. The average molecular weight is 587 g/mol. The van der Waals surface area contributed by atoms with Crippen LogP contribution < -0.4 is 0 Å². The van der Waals surface area contributed by atoms with E-state index < -0.39 is 5.97 Å². The van der Waals surface area contributed by atoms with Crippen LogP contribution >= 0.6 is 0 Å². The van der Waals surface area contributed by atoms with Gasteiger partial charge in [0.15, 0.2) is 0 Å². The second kappa shape index (κ2) is 33.4. The van der Waals surface area contributed by atoms with E-state index in [2.05, 4.69) is 62.5 Å². The number of aliphatic carboxylic acids is 1. The summed E-state index contributed by atoms with van der Waals surface area (Å²) in [5, 5.41) is 8.65. The highest BCUT2D eigenvalue weighted by Crippen LogP contribution is 2.15. The first-order valence-electron chi connectivity index (χ1n) is 17.6. The smallest absolute Gasteiger partial charge is 0.306 e. The minimum atomic E-state index is -0.689. The first kappa shape index (κ1) is 39.9. The van der Waals surface area contributed by atoms with Crippen LogP contribution in [0.1, 0.15) is 174 Å². The molecule has 1 atom stereocenters. The molecule has 4 nitrogen and oxygen atoms in total. The third kappa shape index (κ3) is 32.4. The topological polar surface area (TPSA) is 63.6 Å². The van der Waals surface area contributed by atoms with Crippen molar-refractivity contribution in [2.75, 3.05) is 0 Å². The maximum Gasteiger partial charge on any atom is 0.306 e. The van der Waals surface area contributed by atoms with E-state index in [9.17, 15) is 9.59 Å². The Bertz CT molecular complexity index is 719. The highest BCUT2D eigenvalue weighted by atomic mass is 16.5. The summed E-state index contributed by atoms with van der Waals surface area (Å²) in [6, 6.07) is 0. The second-order valence-corrected chi connectivity index (χ2v) is 11.7. The molecule has 0 radical (unpaired) electrons. The van der Waals surface area contributed by atoms with Crippen molar-refractivity contribution >= 4 is 11.9 Å². The predicted octanol–water partition coefficient (Wildman–Crippen LogP) is 12.0. The van der Waals surface area contributed by atoms with Crippen LogP contribution in [0.4, 0.5) is 0 Å². The van der Waals surface area contributed by atoms with Gasteiger partial charge in [-0.05, 0) is 77.0 Å². The fourth-order valence-corrected chi connectivity index (χ4v) is 4.92. The number of carboxylic acid groups (broad SMARTS) is 1. The zero-order valence-corrected chi connectivity index (χ0v) is 27.5. The van der Waals surface area contributed by atoms with Gasteiger partial charge in [0.05, 0.1) is 0 Å². The van der Waals surface area contributed by atoms with Gasteiger partial charge in [0, 0.05) is 12.8 Å². The standard InChI is InChI=1S/C38H66O4/c1-3-5-6-7-8-9-10-11-12-13-14-15-16-17-18-19-20-21-26-29-32-35-38(41)42-36(4-2)33-30-27-24-22-23-25-28-31-34-37(39)40/h8-9,11-12,14-15,17-18,36H,3-7,10,13,16,19-35H2,1-2H3,(H,39,40)/b9-8-,12-11-,15-14-,18-17-. The Morgan fingerprint density at radius 2 is 0.976 bits per heavy atom. The molecule has 0 rings (SSSR count). The monoisotopic (exact) mass is 586 g/mol. The minimum absolute atomic E-state index is 0.0238. The van der Waals surface area contributed by atoms with Gasteiger partial charge in [-0.1, -0.05) is 133 Å². The molecule has 0 bridgehead atoms. The van der Waals surface area contributed by atoms with Crippen LogP contribution in [0.25, 0.3) is 0 Å². The molecule has 1 unspecified atom stereocenters. The summed E-state index contributed by atoms with van der Waals surface area (Å²) in [5.41, 5.74) is 0. The van der Waals surface area contributed by atoms with Crippen LogP contribution in [-0.2, 0) is 14.3 Å². The van der Waals surface area contributed by atoms with Gasteiger partial charge in [0.2, 0.25) is 0 Å². The summed E-state index contributed by atoms with van der Waals surface area (Å²) in [4.78, 5) is 22.7. The molecular weight excluding hydrogens is 520 g/mol. The molecule has 0 aliphatic rings. The maximum absolute atomic E-state index is 12.2. The lowest BCUT2D eigenvalue weighted by atomic mass is 10.0. The molecule has 42 heavy (non-hydrogen) atoms. The summed E-state index contributed by atoms with van der Waals surface area (Å²) in [6.07, 6.45) is 44.9. The number of hydrogen-bond acceptors (Lipinski definition) is 3. The Labute approximate surface area is 260 Å². The molecule has 0 spiro atoms. The zero-order valence-electron chi connectivity index (χ0n) is 27.5. The minimum Gasteiger partial charge on any atom is -0.481 e. The van der Waals surface area contributed by atoms with Crippen molar-refractivity contribution in [2.24, 2.45) is 0 Å². The van der Waals surface area contributed by atoms with Crippen molar-refractivity contribution < 1.29 is 19.4 Å². The molecule has 0 saturated heterocycles. The normalized spacial score (nSPS) is 12.8. The van der Waals surface area contributed by atoms with Crippen LogP contribution in [-0.4, -0.2) is 23.1 Å². The van der Waals surface area contributed by atoms with Gasteiger partial charge < -0.3 is 9.84 Å². The molecular formula is C38H66O4. The third-order valence-electron chi connectivity index (χ3n) is 7.63. The fourth-order valence-electron chi connectivity index (χ4n) is 4.92. The van der Waals surface area contributed by atoms with E-state index >= 15 is 0 Å². The third-order valence-corrected chi connectivity index (χ3v) is 7.63. The predicted molar refractivity (Wildman–Crippen MR) is 181 cm³/mol. The summed E-state index contributed by atoms with van der Waals surface area (Å²) in [7, 11) is 0. The Morgan fingerprint density at radius 1 is 0.548 bits per heavy atom. The molecule has 1 N–H and O–H groups in total. The van der Waals surface area contributed by atoms with Crippen LogP contribution in [0.3, 0.4) is 0 Å². The maximum atomic E-state index is 12.2. The van der Waals surface area contributed by atoms with Crippen molar-refractivity contribution in [1.29, 1.82) is 0 Å². The van der Waals surface area contributed by atoms with Crippen LogP contribution in [0.5, 0.6) is 0 Å². The molecule has 4 heteroatoms. The number of ether oxygens (including phenoxy) is 1. The highest BCUT2D eigenvalue weighted by molar-refractivity contribution is 5.69. The molecule has 0 aliphatic heterocycles. The van der Waals surface area contributed by atoms with Crippen LogP contribution in [0.2, 0.25) is 0 Å². The number of esters is 1. The number of carboxylic acids is 1. The van der Waals surface area contributed by atoms with E-state index in [-0.39, 0.29) is 12.1 Å². The number of carbonyl (C=O) groups is 2.